The maximum Gasteiger partial charge on any atom is 0.228 e. The zero-order chi connectivity index (χ0) is 24.4. The number of hydrogen-bond acceptors (Lipinski definition) is 5. The summed E-state index contributed by atoms with van der Waals surface area (Å²) in [5.74, 6) is 2.66. The highest BCUT2D eigenvalue weighted by Crippen LogP contribution is 2.57. The third kappa shape index (κ3) is 7.21. The number of amides is 1. The van der Waals surface area contributed by atoms with Gasteiger partial charge in [0.2, 0.25) is 5.91 Å². The Morgan fingerprint density at radius 1 is 0.912 bits per heavy atom. The Morgan fingerprint density at radius 3 is 2.09 bits per heavy atom. The van der Waals surface area contributed by atoms with E-state index in [1.807, 2.05) is 62.4 Å². The molecule has 180 valence electrons. The van der Waals surface area contributed by atoms with Gasteiger partial charge in [-0.05, 0) is 78.3 Å². The molecular formula is C28H33NO3S2. The molecule has 0 spiro atoms. The summed E-state index contributed by atoms with van der Waals surface area (Å²) in [6.45, 7) is 6.13. The molecule has 1 aliphatic carbocycles. The molecule has 3 aromatic rings. The Morgan fingerprint density at radius 2 is 1.53 bits per heavy atom. The molecule has 1 aliphatic rings. The fourth-order valence-electron chi connectivity index (χ4n) is 3.41. The van der Waals surface area contributed by atoms with Crippen molar-refractivity contribution in [1.29, 1.82) is 0 Å². The number of carbonyl (C=O) groups excluding carboxylic acids is 1. The van der Waals surface area contributed by atoms with Crippen LogP contribution in [0.25, 0.3) is 0 Å². The molecule has 0 atom stereocenters. The Labute approximate surface area is 212 Å². The zero-order valence-corrected chi connectivity index (χ0v) is 21.9. The van der Waals surface area contributed by atoms with Crippen molar-refractivity contribution in [3.05, 3.63) is 83.9 Å². The van der Waals surface area contributed by atoms with Crippen LogP contribution < -0.4 is 14.2 Å². The standard InChI is InChI=1S/C26H27NO3S2.C2H6/c1-3-31-24-14-4-19(5-15-24)18-25(28)27-21-8-6-20(7-9-21)26(16-17-26)32-30-23-12-10-22(29-2)11-13-23;1-2/h4-15H,3,16-18H2,1-2H3,(H,27,28);1-2H3. The van der Waals surface area contributed by atoms with E-state index >= 15 is 0 Å². The summed E-state index contributed by atoms with van der Waals surface area (Å²) in [6, 6.07) is 23.9. The minimum Gasteiger partial charge on any atom is -0.497 e. The molecule has 0 aromatic heterocycles. The molecule has 4 rings (SSSR count). The number of nitrogens with one attached hydrogen (secondary N) is 1. The number of anilines is 1. The van der Waals surface area contributed by atoms with Crippen LogP contribution in [0.4, 0.5) is 5.69 Å². The molecule has 6 heteroatoms. The lowest BCUT2D eigenvalue weighted by Gasteiger charge is -2.16. The predicted octanol–water partition coefficient (Wildman–Crippen LogP) is 7.73. The topological polar surface area (TPSA) is 47.6 Å². The van der Waals surface area contributed by atoms with E-state index in [2.05, 4.69) is 36.5 Å². The lowest BCUT2D eigenvalue weighted by Crippen LogP contribution is -2.14. The van der Waals surface area contributed by atoms with Crippen molar-refractivity contribution < 1.29 is 13.7 Å². The molecule has 34 heavy (non-hydrogen) atoms. The molecule has 0 saturated heterocycles. The quantitative estimate of drug-likeness (QED) is 0.230. The highest BCUT2D eigenvalue weighted by atomic mass is 32.2. The molecule has 0 unspecified atom stereocenters. The van der Waals surface area contributed by atoms with E-state index in [0.717, 1.165) is 41.3 Å². The van der Waals surface area contributed by atoms with Crippen molar-refractivity contribution in [3.8, 4) is 11.5 Å². The molecule has 0 radical (unpaired) electrons. The molecule has 0 bridgehead atoms. The van der Waals surface area contributed by atoms with E-state index < -0.39 is 0 Å². The highest BCUT2D eigenvalue weighted by Gasteiger charge is 2.47. The van der Waals surface area contributed by atoms with Crippen LogP contribution in [-0.4, -0.2) is 18.8 Å². The smallest absolute Gasteiger partial charge is 0.228 e. The third-order valence-corrected chi connectivity index (χ3v) is 7.49. The zero-order valence-electron chi connectivity index (χ0n) is 20.3. The number of benzene rings is 3. The summed E-state index contributed by atoms with van der Waals surface area (Å²) in [4.78, 5) is 13.7. The lowest BCUT2D eigenvalue weighted by atomic mass is 10.1. The van der Waals surface area contributed by atoms with Gasteiger partial charge in [0.05, 0.1) is 30.3 Å². The molecule has 1 saturated carbocycles. The number of thioether (sulfide) groups is 1. The maximum absolute atomic E-state index is 12.4. The van der Waals surface area contributed by atoms with Gasteiger partial charge in [0.1, 0.15) is 11.5 Å². The average molecular weight is 496 g/mol. The first kappa shape index (κ1) is 26.0. The molecule has 1 amide bonds. The molecule has 1 fully saturated rings. The summed E-state index contributed by atoms with van der Waals surface area (Å²) >= 11 is 3.31. The fourth-order valence-corrected chi connectivity index (χ4v) is 4.94. The van der Waals surface area contributed by atoms with E-state index in [4.69, 9.17) is 8.92 Å². The van der Waals surface area contributed by atoms with Crippen LogP contribution in [0, 0.1) is 0 Å². The first-order valence-corrected chi connectivity index (χ1v) is 13.4. The summed E-state index contributed by atoms with van der Waals surface area (Å²) in [7, 11) is 1.65. The molecule has 4 nitrogen and oxygen atoms in total. The van der Waals surface area contributed by atoms with Gasteiger partial charge in [0.15, 0.2) is 0 Å². The van der Waals surface area contributed by atoms with Crippen LogP contribution in [0.2, 0.25) is 0 Å². The molecule has 3 aromatic carbocycles. The van der Waals surface area contributed by atoms with Crippen LogP contribution in [0.15, 0.2) is 77.7 Å². The monoisotopic (exact) mass is 495 g/mol. The second-order valence-electron chi connectivity index (χ2n) is 7.72. The SMILES string of the molecule is CC.CCSc1ccc(CC(=O)Nc2ccc(C3(SOc4ccc(OC)cc4)CC3)cc2)cc1. The lowest BCUT2D eigenvalue weighted by molar-refractivity contribution is -0.115. The van der Waals surface area contributed by atoms with Gasteiger partial charge in [-0.25, -0.2) is 0 Å². The van der Waals surface area contributed by atoms with Gasteiger partial charge in [-0.15, -0.1) is 11.8 Å². The van der Waals surface area contributed by atoms with Crippen molar-refractivity contribution in [2.24, 2.45) is 0 Å². The van der Waals surface area contributed by atoms with Gasteiger partial charge in [-0.3, -0.25) is 4.79 Å². The van der Waals surface area contributed by atoms with E-state index in [9.17, 15) is 4.79 Å². The summed E-state index contributed by atoms with van der Waals surface area (Å²) in [6.07, 6.45) is 2.52. The van der Waals surface area contributed by atoms with Gasteiger partial charge in [-0.2, -0.15) is 0 Å². The van der Waals surface area contributed by atoms with Crippen LogP contribution in [0.3, 0.4) is 0 Å². The van der Waals surface area contributed by atoms with Crippen molar-refractivity contribution in [2.75, 3.05) is 18.2 Å². The maximum atomic E-state index is 12.4. The second-order valence-corrected chi connectivity index (χ2v) is 10.2. The van der Waals surface area contributed by atoms with E-state index in [1.165, 1.54) is 22.5 Å². The van der Waals surface area contributed by atoms with E-state index in [0.29, 0.717) is 6.42 Å². The van der Waals surface area contributed by atoms with Crippen molar-refractivity contribution in [2.45, 2.75) is 49.7 Å². The Bertz CT molecular complexity index is 1030. The second kappa shape index (κ2) is 12.8. The normalized spacial score (nSPS) is 13.3. The van der Waals surface area contributed by atoms with Crippen molar-refractivity contribution in [3.63, 3.8) is 0 Å². The van der Waals surface area contributed by atoms with Gasteiger partial charge >= 0.3 is 0 Å². The van der Waals surface area contributed by atoms with Crippen molar-refractivity contribution >= 4 is 35.4 Å². The molecule has 0 aliphatic heterocycles. The van der Waals surface area contributed by atoms with Crippen molar-refractivity contribution in [1.82, 2.24) is 0 Å². The van der Waals surface area contributed by atoms with Crippen LogP contribution >= 0.6 is 23.8 Å². The van der Waals surface area contributed by atoms with Gasteiger partial charge < -0.3 is 14.2 Å². The first-order chi connectivity index (χ1) is 16.6. The van der Waals surface area contributed by atoms with E-state index in [-0.39, 0.29) is 10.7 Å². The minimum absolute atomic E-state index is 0.00741. The Hall–Kier alpha value is -2.57. The summed E-state index contributed by atoms with van der Waals surface area (Å²) < 4.78 is 11.1. The number of methoxy groups -OCH3 is 1. The Balaban J connectivity index is 0.00000158. The summed E-state index contributed by atoms with van der Waals surface area (Å²) in [5, 5.41) is 3.00. The van der Waals surface area contributed by atoms with Gasteiger partial charge in [0.25, 0.3) is 0 Å². The molecular weight excluding hydrogens is 462 g/mol. The first-order valence-electron chi connectivity index (χ1n) is 11.7. The van der Waals surface area contributed by atoms with Crippen LogP contribution in [0.5, 0.6) is 11.5 Å². The minimum atomic E-state index is -0.0132. The predicted molar refractivity (Wildman–Crippen MR) is 145 cm³/mol. The fraction of sp³-hybridized carbons (Fsp3) is 0.321. The average Bonchev–Trinajstić information content (AvgIpc) is 3.67. The van der Waals surface area contributed by atoms with E-state index in [1.54, 1.807) is 18.9 Å². The number of hydrogen-bond donors (Lipinski definition) is 1. The highest BCUT2D eigenvalue weighted by molar-refractivity contribution is 7.99. The Kier molecular flexibility index (Phi) is 9.78. The number of carbonyl (C=O) groups is 1. The van der Waals surface area contributed by atoms with Crippen LogP contribution in [-0.2, 0) is 16.0 Å². The van der Waals surface area contributed by atoms with Crippen LogP contribution in [0.1, 0.15) is 44.7 Å². The molecule has 1 N–H and O–H groups in total. The third-order valence-electron chi connectivity index (χ3n) is 5.35. The van der Waals surface area contributed by atoms with Gasteiger partial charge in [0, 0.05) is 10.6 Å². The molecule has 0 heterocycles. The largest absolute Gasteiger partial charge is 0.497 e. The summed E-state index contributed by atoms with van der Waals surface area (Å²) in [5.41, 5.74) is 3.05. The van der Waals surface area contributed by atoms with Gasteiger partial charge in [-0.1, -0.05) is 45.0 Å². The number of rotatable bonds is 10. The number of ether oxygens (including phenoxy) is 1.